The van der Waals surface area contributed by atoms with Crippen molar-refractivity contribution in [2.45, 2.75) is 13.1 Å². The SMILES string of the molecule is CCOc1nc(Nc2cccc(C(F)(F)F)c2)nc(-c2cccc(C(=O)NC)c2)n1. The highest BCUT2D eigenvalue weighted by molar-refractivity contribution is 5.95. The van der Waals surface area contributed by atoms with E-state index in [1.807, 2.05) is 0 Å². The molecule has 1 amide bonds. The maximum Gasteiger partial charge on any atom is 0.416 e. The van der Waals surface area contributed by atoms with Gasteiger partial charge in [-0.05, 0) is 37.3 Å². The third kappa shape index (κ3) is 5.02. The van der Waals surface area contributed by atoms with Gasteiger partial charge in [0, 0.05) is 23.9 Å². The Balaban J connectivity index is 1.99. The van der Waals surface area contributed by atoms with Crippen molar-refractivity contribution in [3.63, 3.8) is 0 Å². The molecule has 2 N–H and O–H groups in total. The van der Waals surface area contributed by atoms with Crippen LogP contribution >= 0.6 is 0 Å². The predicted molar refractivity (Wildman–Crippen MR) is 105 cm³/mol. The molecule has 1 aromatic heterocycles. The minimum Gasteiger partial charge on any atom is -0.464 e. The highest BCUT2D eigenvalue weighted by atomic mass is 19.4. The number of halogens is 3. The number of rotatable bonds is 6. The van der Waals surface area contributed by atoms with Crippen molar-refractivity contribution < 1.29 is 22.7 Å². The van der Waals surface area contributed by atoms with Crippen LogP contribution in [0.3, 0.4) is 0 Å². The van der Waals surface area contributed by atoms with E-state index in [4.69, 9.17) is 4.74 Å². The molecule has 30 heavy (non-hydrogen) atoms. The minimum atomic E-state index is -4.47. The smallest absolute Gasteiger partial charge is 0.416 e. The number of carbonyl (C=O) groups is 1. The van der Waals surface area contributed by atoms with E-state index >= 15 is 0 Å². The normalized spacial score (nSPS) is 11.1. The van der Waals surface area contributed by atoms with Crippen LogP contribution in [0.25, 0.3) is 11.4 Å². The summed E-state index contributed by atoms with van der Waals surface area (Å²) in [6.07, 6.45) is -4.47. The van der Waals surface area contributed by atoms with Gasteiger partial charge in [-0.2, -0.15) is 28.1 Å². The van der Waals surface area contributed by atoms with Crippen molar-refractivity contribution >= 4 is 17.5 Å². The molecule has 0 spiro atoms. The van der Waals surface area contributed by atoms with Gasteiger partial charge in [-0.25, -0.2) is 0 Å². The van der Waals surface area contributed by atoms with Crippen LogP contribution in [0.1, 0.15) is 22.8 Å². The summed E-state index contributed by atoms with van der Waals surface area (Å²) in [4.78, 5) is 24.5. The lowest BCUT2D eigenvalue weighted by molar-refractivity contribution is -0.137. The van der Waals surface area contributed by atoms with Gasteiger partial charge in [-0.15, -0.1) is 0 Å². The summed E-state index contributed by atoms with van der Waals surface area (Å²) in [5.74, 6) is -0.0694. The van der Waals surface area contributed by atoms with Gasteiger partial charge in [0.05, 0.1) is 12.2 Å². The summed E-state index contributed by atoms with van der Waals surface area (Å²) in [6, 6.07) is 11.3. The van der Waals surface area contributed by atoms with Gasteiger partial charge in [0.2, 0.25) is 5.95 Å². The van der Waals surface area contributed by atoms with Crippen molar-refractivity contribution in [3.8, 4) is 17.4 Å². The Morgan fingerprint density at radius 3 is 2.53 bits per heavy atom. The second-order valence-corrected chi connectivity index (χ2v) is 6.06. The molecular formula is C20H18F3N5O2. The monoisotopic (exact) mass is 417 g/mol. The van der Waals surface area contributed by atoms with Crippen LogP contribution in [-0.2, 0) is 6.18 Å². The van der Waals surface area contributed by atoms with E-state index in [1.54, 1.807) is 31.2 Å². The lowest BCUT2D eigenvalue weighted by Crippen LogP contribution is -2.17. The van der Waals surface area contributed by atoms with Crippen LogP contribution in [0.2, 0.25) is 0 Å². The first-order valence-corrected chi connectivity index (χ1v) is 8.96. The Bertz CT molecular complexity index is 1060. The van der Waals surface area contributed by atoms with E-state index in [9.17, 15) is 18.0 Å². The zero-order chi connectivity index (χ0) is 21.7. The van der Waals surface area contributed by atoms with Gasteiger partial charge in [0.15, 0.2) is 5.82 Å². The van der Waals surface area contributed by atoms with Gasteiger partial charge >= 0.3 is 12.2 Å². The van der Waals surface area contributed by atoms with E-state index in [1.165, 1.54) is 19.2 Å². The number of hydrogen-bond acceptors (Lipinski definition) is 6. The second kappa shape index (κ2) is 8.76. The zero-order valence-electron chi connectivity index (χ0n) is 16.1. The molecule has 7 nitrogen and oxygen atoms in total. The number of hydrogen-bond donors (Lipinski definition) is 2. The molecule has 3 aromatic rings. The van der Waals surface area contributed by atoms with E-state index in [0.717, 1.165) is 12.1 Å². The molecule has 0 saturated heterocycles. The average Bonchev–Trinajstić information content (AvgIpc) is 2.73. The molecule has 0 aliphatic carbocycles. The Morgan fingerprint density at radius 2 is 1.83 bits per heavy atom. The highest BCUT2D eigenvalue weighted by Crippen LogP contribution is 2.31. The molecule has 2 aromatic carbocycles. The standard InChI is InChI=1S/C20H18F3N5O2/c1-3-30-19-27-16(12-6-4-7-13(10-12)17(29)24-2)26-18(28-19)25-15-9-5-8-14(11-15)20(21,22)23/h4-11H,3H2,1-2H3,(H,24,29)(H,25,26,27,28). The maximum atomic E-state index is 13.0. The van der Waals surface area contributed by atoms with E-state index < -0.39 is 11.7 Å². The van der Waals surface area contributed by atoms with Gasteiger partial charge in [-0.3, -0.25) is 4.79 Å². The van der Waals surface area contributed by atoms with E-state index in [-0.39, 0.29) is 36.0 Å². The quantitative estimate of drug-likeness (QED) is 0.629. The predicted octanol–water partition coefficient (Wildman–Crippen LogP) is 4.06. The third-order valence-electron chi connectivity index (χ3n) is 3.94. The molecule has 0 saturated carbocycles. The fraction of sp³-hybridized carbons (Fsp3) is 0.200. The summed E-state index contributed by atoms with van der Waals surface area (Å²) in [6.45, 7) is 2.03. The van der Waals surface area contributed by atoms with Crippen LogP contribution in [-0.4, -0.2) is 34.5 Å². The molecule has 1 heterocycles. The van der Waals surface area contributed by atoms with Crippen molar-refractivity contribution in [2.24, 2.45) is 0 Å². The molecule has 0 aliphatic heterocycles. The molecule has 0 atom stereocenters. The lowest BCUT2D eigenvalue weighted by atomic mass is 10.1. The number of carbonyl (C=O) groups excluding carboxylic acids is 1. The van der Waals surface area contributed by atoms with Gasteiger partial charge in [0.1, 0.15) is 0 Å². The average molecular weight is 417 g/mol. The van der Waals surface area contributed by atoms with Gasteiger partial charge in [0.25, 0.3) is 5.91 Å². The van der Waals surface area contributed by atoms with Crippen LogP contribution in [0.15, 0.2) is 48.5 Å². The summed E-state index contributed by atoms with van der Waals surface area (Å²) in [7, 11) is 1.52. The molecule has 10 heteroatoms. The number of amides is 1. The van der Waals surface area contributed by atoms with Crippen molar-refractivity contribution in [2.75, 3.05) is 19.0 Å². The zero-order valence-corrected chi connectivity index (χ0v) is 16.1. The van der Waals surface area contributed by atoms with Crippen molar-refractivity contribution in [1.29, 1.82) is 0 Å². The van der Waals surface area contributed by atoms with Crippen LogP contribution in [0, 0.1) is 0 Å². The molecule has 0 bridgehead atoms. The number of nitrogens with one attached hydrogen (secondary N) is 2. The Hall–Kier alpha value is -3.69. The van der Waals surface area contributed by atoms with Crippen LogP contribution in [0.5, 0.6) is 6.01 Å². The number of ether oxygens (including phenoxy) is 1. The first-order valence-electron chi connectivity index (χ1n) is 8.96. The van der Waals surface area contributed by atoms with Gasteiger partial charge < -0.3 is 15.4 Å². The van der Waals surface area contributed by atoms with E-state index in [2.05, 4.69) is 25.6 Å². The van der Waals surface area contributed by atoms with Gasteiger partial charge in [-0.1, -0.05) is 18.2 Å². The Labute approximate surface area is 170 Å². The first kappa shape index (κ1) is 21.0. The number of nitrogens with zero attached hydrogens (tertiary/aromatic N) is 3. The maximum absolute atomic E-state index is 13.0. The number of anilines is 2. The molecule has 0 aliphatic rings. The first-order chi connectivity index (χ1) is 14.3. The Kier molecular flexibility index (Phi) is 6.14. The summed E-state index contributed by atoms with van der Waals surface area (Å²) in [5.41, 5.74) is 0.279. The number of aromatic nitrogens is 3. The second-order valence-electron chi connectivity index (χ2n) is 6.06. The van der Waals surface area contributed by atoms with E-state index in [0.29, 0.717) is 11.1 Å². The topological polar surface area (TPSA) is 89.0 Å². The Morgan fingerprint density at radius 1 is 1.07 bits per heavy atom. The van der Waals surface area contributed by atoms with Crippen LogP contribution in [0.4, 0.5) is 24.8 Å². The van der Waals surface area contributed by atoms with Crippen molar-refractivity contribution in [1.82, 2.24) is 20.3 Å². The highest BCUT2D eigenvalue weighted by Gasteiger charge is 2.30. The summed E-state index contributed by atoms with van der Waals surface area (Å²) < 4.78 is 44.3. The lowest BCUT2D eigenvalue weighted by Gasteiger charge is -2.11. The minimum absolute atomic E-state index is 0.00215. The largest absolute Gasteiger partial charge is 0.464 e. The summed E-state index contributed by atoms with van der Waals surface area (Å²) >= 11 is 0. The molecule has 3 rings (SSSR count). The summed E-state index contributed by atoms with van der Waals surface area (Å²) in [5, 5.41) is 5.28. The molecule has 0 unspecified atom stereocenters. The number of benzene rings is 2. The third-order valence-corrected chi connectivity index (χ3v) is 3.94. The molecular weight excluding hydrogens is 399 g/mol. The number of alkyl halides is 3. The van der Waals surface area contributed by atoms with Crippen LogP contribution < -0.4 is 15.4 Å². The molecule has 156 valence electrons. The molecule has 0 fully saturated rings. The fourth-order valence-corrected chi connectivity index (χ4v) is 2.58. The fourth-order valence-electron chi connectivity index (χ4n) is 2.58. The van der Waals surface area contributed by atoms with Crippen molar-refractivity contribution in [3.05, 3.63) is 59.7 Å². The molecule has 0 radical (unpaired) electrons.